The van der Waals surface area contributed by atoms with Gasteiger partial charge in [0, 0.05) is 62.9 Å². The molecule has 1 fully saturated rings. The largest absolute Gasteiger partial charge is 0.493 e. The van der Waals surface area contributed by atoms with Crippen LogP contribution in [0.5, 0.6) is 11.5 Å². The number of amides is 3. The zero-order valence-corrected chi connectivity index (χ0v) is 23.2. The van der Waals surface area contributed by atoms with Gasteiger partial charge in [-0.25, -0.2) is 0 Å². The second-order valence-electron chi connectivity index (χ2n) is 10.2. The van der Waals surface area contributed by atoms with Gasteiger partial charge in [0.2, 0.25) is 11.8 Å². The molecule has 5 rings (SSSR count). The van der Waals surface area contributed by atoms with E-state index in [1.807, 2.05) is 67.2 Å². The molecule has 2 aliphatic rings. The lowest BCUT2D eigenvalue weighted by Crippen LogP contribution is -2.43. The number of rotatable bonds is 5. The molecule has 10 heteroatoms. The Labute approximate surface area is 233 Å². The van der Waals surface area contributed by atoms with Crippen LogP contribution in [0.25, 0.3) is 10.9 Å². The summed E-state index contributed by atoms with van der Waals surface area (Å²) in [6, 6.07) is 13.4. The van der Waals surface area contributed by atoms with Gasteiger partial charge in [-0.15, -0.1) is 0 Å². The third-order valence-corrected chi connectivity index (χ3v) is 7.77. The standard InChI is InChI=1S/C30H36N4O6/c1-4-39-19-28(35)34-17-22-20-9-10-26(38-3)27(15-20)40-14-13-33(12-11-31-29(36)23(22)18-34)30(37)24-16-32(2)25-8-6-5-7-21(24)25/h5-10,15-16,22-23H,4,11-14,17-19H2,1-3H3,(H,31,36)/t22-,23+/m1/s1. The van der Waals surface area contributed by atoms with Crippen LogP contribution in [0.4, 0.5) is 0 Å². The number of aryl methyl sites for hydroxylation is 1. The predicted molar refractivity (Wildman–Crippen MR) is 150 cm³/mol. The lowest BCUT2D eigenvalue weighted by molar-refractivity contribution is -0.135. The summed E-state index contributed by atoms with van der Waals surface area (Å²) >= 11 is 0. The molecule has 3 aromatic rings. The predicted octanol–water partition coefficient (Wildman–Crippen LogP) is 2.42. The average molecular weight is 549 g/mol. The van der Waals surface area contributed by atoms with Gasteiger partial charge in [0.05, 0.1) is 25.1 Å². The number of hydrogen-bond acceptors (Lipinski definition) is 6. The third kappa shape index (κ3) is 5.49. The Bertz CT molecular complexity index is 1400. The van der Waals surface area contributed by atoms with Crippen LogP contribution in [0, 0.1) is 5.92 Å². The van der Waals surface area contributed by atoms with Crippen LogP contribution >= 0.6 is 0 Å². The first-order valence-electron chi connectivity index (χ1n) is 13.7. The number of likely N-dealkylation sites (tertiary alicyclic amines) is 1. The molecule has 0 aliphatic carbocycles. The molecule has 0 radical (unpaired) electrons. The van der Waals surface area contributed by atoms with Gasteiger partial charge in [0.1, 0.15) is 13.2 Å². The summed E-state index contributed by atoms with van der Waals surface area (Å²) in [6.45, 7) is 4.15. The number of ether oxygens (including phenoxy) is 3. The number of carbonyl (C=O) groups excluding carboxylic acids is 3. The van der Waals surface area contributed by atoms with Crippen LogP contribution < -0.4 is 14.8 Å². The number of fused-ring (bicyclic) bond motifs is 5. The van der Waals surface area contributed by atoms with E-state index in [1.54, 1.807) is 16.9 Å². The van der Waals surface area contributed by atoms with Crippen LogP contribution in [-0.4, -0.2) is 91.7 Å². The van der Waals surface area contributed by atoms with Gasteiger partial charge in [0.15, 0.2) is 11.5 Å². The van der Waals surface area contributed by atoms with E-state index in [-0.39, 0.29) is 43.4 Å². The Morgan fingerprint density at radius 2 is 1.88 bits per heavy atom. The summed E-state index contributed by atoms with van der Waals surface area (Å²) in [5.41, 5.74) is 2.47. The second kappa shape index (κ2) is 12.0. The fourth-order valence-electron chi connectivity index (χ4n) is 5.64. The summed E-state index contributed by atoms with van der Waals surface area (Å²) in [5.74, 6) is 0.0234. The lowest BCUT2D eigenvalue weighted by Gasteiger charge is -2.23. The van der Waals surface area contributed by atoms with E-state index in [0.29, 0.717) is 49.8 Å². The Morgan fingerprint density at radius 3 is 2.67 bits per heavy atom. The second-order valence-corrected chi connectivity index (χ2v) is 10.2. The molecule has 2 atom stereocenters. The maximum absolute atomic E-state index is 13.7. The molecule has 10 nitrogen and oxygen atoms in total. The van der Waals surface area contributed by atoms with Crippen LogP contribution in [0.2, 0.25) is 0 Å². The highest BCUT2D eigenvalue weighted by atomic mass is 16.5. The van der Waals surface area contributed by atoms with Crippen molar-refractivity contribution in [1.82, 2.24) is 19.7 Å². The fraction of sp³-hybridized carbons (Fsp3) is 0.433. The van der Waals surface area contributed by atoms with Gasteiger partial charge in [-0.3, -0.25) is 14.4 Å². The summed E-state index contributed by atoms with van der Waals surface area (Å²) in [7, 11) is 3.49. The molecule has 0 unspecified atom stereocenters. The van der Waals surface area contributed by atoms with Crippen molar-refractivity contribution >= 4 is 28.6 Å². The van der Waals surface area contributed by atoms with E-state index in [1.165, 1.54) is 0 Å². The van der Waals surface area contributed by atoms with Crippen molar-refractivity contribution in [2.24, 2.45) is 13.0 Å². The smallest absolute Gasteiger partial charge is 0.256 e. The van der Waals surface area contributed by atoms with Crippen molar-refractivity contribution in [2.75, 3.05) is 59.7 Å². The van der Waals surface area contributed by atoms with E-state index in [0.717, 1.165) is 16.5 Å². The zero-order chi connectivity index (χ0) is 28.2. The first kappa shape index (κ1) is 27.5. The van der Waals surface area contributed by atoms with E-state index in [9.17, 15) is 14.4 Å². The van der Waals surface area contributed by atoms with Gasteiger partial charge < -0.3 is 33.9 Å². The number of benzene rings is 2. The number of methoxy groups -OCH3 is 1. The third-order valence-electron chi connectivity index (χ3n) is 7.77. The average Bonchev–Trinajstić information content (AvgIpc) is 3.56. The Kier molecular flexibility index (Phi) is 8.25. The van der Waals surface area contributed by atoms with Gasteiger partial charge in [-0.05, 0) is 30.7 Å². The van der Waals surface area contributed by atoms with E-state index < -0.39 is 5.92 Å². The number of para-hydroxylation sites is 1. The molecule has 2 aliphatic heterocycles. The number of nitrogens with zero attached hydrogens (tertiary/aromatic N) is 3. The molecule has 0 saturated carbocycles. The van der Waals surface area contributed by atoms with Crippen molar-refractivity contribution in [3.8, 4) is 11.5 Å². The SMILES string of the molecule is CCOCC(=O)N1C[C@@H]2C(=O)NCCN(C(=O)c3cn(C)c4ccccc34)CCOc3cc(ccc3OC)[C@H]2C1. The number of aromatic nitrogens is 1. The molecule has 212 valence electrons. The van der Waals surface area contributed by atoms with E-state index >= 15 is 0 Å². The normalized spacial score (nSPS) is 19.6. The van der Waals surface area contributed by atoms with Crippen molar-refractivity contribution in [1.29, 1.82) is 0 Å². The summed E-state index contributed by atoms with van der Waals surface area (Å²) in [4.78, 5) is 43.4. The summed E-state index contributed by atoms with van der Waals surface area (Å²) in [6.07, 6.45) is 1.84. The minimum atomic E-state index is -0.449. The quantitative estimate of drug-likeness (QED) is 0.526. The topological polar surface area (TPSA) is 102 Å². The molecule has 40 heavy (non-hydrogen) atoms. The van der Waals surface area contributed by atoms with Crippen molar-refractivity contribution < 1.29 is 28.6 Å². The van der Waals surface area contributed by atoms with Crippen LogP contribution in [-0.2, 0) is 21.4 Å². The van der Waals surface area contributed by atoms with Gasteiger partial charge in [0.25, 0.3) is 5.91 Å². The first-order chi connectivity index (χ1) is 19.4. The van der Waals surface area contributed by atoms with Crippen molar-refractivity contribution in [2.45, 2.75) is 12.8 Å². The monoisotopic (exact) mass is 548 g/mol. The molecule has 2 bridgehead atoms. The molecular weight excluding hydrogens is 512 g/mol. The molecule has 3 heterocycles. The van der Waals surface area contributed by atoms with Crippen LogP contribution in [0.15, 0.2) is 48.7 Å². The molecule has 2 aromatic carbocycles. The lowest BCUT2D eigenvalue weighted by atomic mass is 9.88. The first-order valence-corrected chi connectivity index (χ1v) is 13.7. The van der Waals surface area contributed by atoms with Gasteiger partial charge >= 0.3 is 0 Å². The van der Waals surface area contributed by atoms with E-state index in [4.69, 9.17) is 14.2 Å². The molecule has 0 spiro atoms. The minimum absolute atomic E-state index is 0.0141. The summed E-state index contributed by atoms with van der Waals surface area (Å²) in [5, 5.41) is 3.91. The minimum Gasteiger partial charge on any atom is -0.493 e. The molecule has 1 N–H and O–H groups in total. The van der Waals surface area contributed by atoms with Gasteiger partial charge in [-0.2, -0.15) is 0 Å². The Morgan fingerprint density at radius 1 is 1.07 bits per heavy atom. The van der Waals surface area contributed by atoms with Gasteiger partial charge in [-0.1, -0.05) is 24.3 Å². The molecular formula is C30H36N4O6. The highest BCUT2D eigenvalue weighted by molar-refractivity contribution is 6.07. The number of hydrogen-bond donors (Lipinski definition) is 1. The van der Waals surface area contributed by atoms with Crippen molar-refractivity contribution in [3.63, 3.8) is 0 Å². The number of carbonyl (C=O) groups is 3. The Balaban J connectivity index is 1.42. The zero-order valence-electron chi connectivity index (χ0n) is 23.2. The van der Waals surface area contributed by atoms with Crippen LogP contribution in [0.1, 0.15) is 28.8 Å². The van der Waals surface area contributed by atoms with Crippen molar-refractivity contribution in [3.05, 3.63) is 59.8 Å². The molecule has 3 amide bonds. The highest BCUT2D eigenvalue weighted by Gasteiger charge is 2.40. The van der Waals surface area contributed by atoms with E-state index in [2.05, 4.69) is 5.32 Å². The molecule has 1 saturated heterocycles. The fourth-order valence-corrected chi connectivity index (χ4v) is 5.64. The van der Waals surface area contributed by atoms with Crippen LogP contribution in [0.3, 0.4) is 0 Å². The summed E-state index contributed by atoms with van der Waals surface area (Å²) < 4.78 is 19.0. The number of nitrogens with one attached hydrogen (secondary N) is 1. The maximum Gasteiger partial charge on any atom is 0.256 e. The highest BCUT2D eigenvalue weighted by Crippen LogP contribution is 2.38. The Hall–Kier alpha value is -4.05. The maximum atomic E-state index is 13.7. The molecule has 1 aromatic heterocycles.